The zero-order valence-electron chi connectivity index (χ0n) is 10.0. The molecule has 1 atom stereocenters. The van der Waals surface area contributed by atoms with Crippen LogP contribution in [0.3, 0.4) is 0 Å². The van der Waals surface area contributed by atoms with E-state index in [1.54, 1.807) is 0 Å². The van der Waals surface area contributed by atoms with Gasteiger partial charge in [0.05, 0.1) is 0 Å². The van der Waals surface area contributed by atoms with Gasteiger partial charge in [0.2, 0.25) is 0 Å². The van der Waals surface area contributed by atoms with Gasteiger partial charge >= 0.3 is 0 Å². The van der Waals surface area contributed by atoms with Crippen molar-refractivity contribution in [3.05, 3.63) is 35.9 Å². The highest BCUT2D eigenvalue weighted by molar-refractivity contribution is 5.19. The first-order chi connectivity index (χ1) is 7.03. The topological polar surface area (TPSA) is 20.2 Å². The van der Waals surface area contributed by atoms with E-state index in [-0.39, 0.29) is 6.61 Å². The van der Waals surface area contributed by atoms with E-state index in [0.717, 1.165) is 12.8 Å². The van der Waals surface area contributed by atoms with Crippen LogP contribution in [-0.2, 0) is 0 Å². The van der Waals surface area contributed by atoms with E-state index in [1.165, 1.54) is 5.56 Å². The van der Waals surface area contributed by atoms with Crippen molar-refractivity contribution in [3.8, 4) is 0 Å². The third kappa shape index (κ3) is 4.48. The molecule has 1 rings (SSSR count). The van der Waals surface area contributed by atoms with Gasteiger partial charge in [0.1, 0.15) is 0 Å². The Balaban J connectivity index is 2.58. The van der Waals surface area contributed by atoms with Crippen LogP contribution in [0.4, 0.5) is 0 Å². The van der Waals surface area contributed by atoms with Crippen LogP contribution in [0.25, 0.3) is 0 Å². The zero-order valence-corrected chi connectivity index (χ0v) is 10.0. The minimum absolute atomic E-state index is 0.250. The largest absolute Gasteiger partial charge is 0.396 e. The lowest BCUT2D eigenvalue weighted by Gasteiger charge is -2.22. The van der Waals surface area contributed by atoms with Gasteiger partial charge in [-0.15, -0.1) is 0 Å². The van der Waals surface area contributed by atoms with Crippen molar-refractivity contribution in [1.29, 1.82) is 0 Å². The minimum atomic E-state index is 0.250. The summed E-state index contributed by atoms with van der Waals surface area (Å²) in [6.45, 7) is 6.98. The van der Waals surface area contributed by atoms with Gasteiger partial charge in [0.25, 0.3) is 0 Å². The summed E-state index contributed by atoms with van der Waals surface area (Å²) < 4.78 is 0. The standard InChI is InChI=1S/C14H22O/c1-14(2,3)10-9-13(11-15)12-7-5-4-6-8-12/h4-8,13,15H,9-11H2,1-3H3. The SMILES string of the molecule is CC(C)(C)CCC(CO)c1ccccc1. The van der Waals surface area contributed by atoms with E-state index < -0.39 is 0 Å². The number of aliphatic hydroxyl groups is 1. The van der Waals surface area contributed by atoms with Crippen LogP contribution in [0.1, 0.15) is 45.1 Å². The van der Waals surface area contributed by atoms with E-state index in [9.17, 15) is 5.11 Å². The fourth-order valence-electron chi connectivity index (χ4n) is 1.70. The third-order valence-corrected chi connectivity index (χ3v) is 2.73. The Bertz CT molecular complexity index is 271. The molecule has 0 aromatic heterocycles. The normalized spacial score (nSPS) is 13.9. The summed E-state index contributed by atoms with van der Waals surface area (Å²) in [5.74, 6) is 0.297. The van der Waals surface area contributed by atoms with Crippen molar-refractivity contribution in [2.24, 2.45) is 5.41 Å². The monoisotopic (exact) mass is 206 g/mol. The molecule has 84 valence electrons. The van der Waals surface area contributed by atoms with Crippen molar-refractivity contribution in [2.75, 3.05) is 6.61 Å². The Morgan fingerprint density at radius 2 is 1.73 bits per heavy atom. The van der Waals surface area contributed by atoms with Gasteiger partial charge in [0.15, 0.2) is 0 Å². The second kappa shape index (κ2) is 5.32. The van der Waals surface area contributed by atoms with Gasteiger partial charge in [-0.1, -0.05) is 51.1 Å². The molecule has 0 amide bonds. The molecule has 1 unspecified atom stereocenters. The highest BCUT2D eigenvalue weighted by atomic mass is 16.3. The van der Waals surface area contributed by atoms with E-state index >= 15 is 0 Å². The summed E-state index contributed by atoms with van der Waals surface area (Å²) in [6, 6.07) is 10.3. The van der Waals surface area contributed by atoms with Crippen LogP contribution in [0.5, 0.6) is 0 Å². The minimum Gasteiger partial charge on any atom is -0.396 e. The number of benzene rings is 1. The van der Waals surface area contributed by atoms with Crippen molar-refractivity contribution >= 4 is 0 Å². The van der Waals surface area contributed by atoms with Gasteiger partial charge in [0, 0.05) is 12.5 Å². The molecule has 1 nitrogen and oxygen atoms in total. The van der Waals surface area contributed by atoms with Crippen LogP contribution >= 0.6 is 0 Å². The van der Waals surface area contributed by atoms with Gasteiger partial charge in [-0.3, -0.25) is 0 Å². The molecule has 1 aromatic rings. The Morgan fingerprint density at radius 3 is 2.20 bits per heavy atom. The number of hydrogen-bond acceptors (Lipinski definition) is 1. The molecule has 1 heteroatoms. The summed E-state index contributed by atoms with van der Waals surface area (Å²) in [6.07, 6.45) is 2.21. The van der Waals surface area contributed by atoms with Crippen LogP contribution in [0, 0.1) is 5.41 Å². The fourth-order valence-corrected chi connectivity index (χ4v) is 1.70. The Kier molecular flexibility index (Phi) is 4.34. The molecule has 0 heterocycles. The maximum atomic E-state index is 9.38. The Labute approximate surface area is 93.1 Å². The molecule has 0 aliphatic heterocycles. The zero-order chi connectivity index (χ0) is 11.3. The molecule has 0 radical (unpaired) electrons. The summed E-state index contributed by atoms with van der Waals surface area (Å²) in [5.41, 5.74) is 1.60. The first-order valence-electron chi connectivity index (χ1n) is 5.69. The van der Waals surface area contributed by atoms with Crippen molar-refractivity contribution < 1.29 is 5.11 Å². The van der Waals surface area contributed by atoms with Gasteiger partial charge < -0.3 is 5.11 Å². The van der Waals surface area contributed by atoms with E-state index in [0.29, 0.717) is 11.3 Å². The lowest BCUT2D eigenvalue weighted by Crippen LogP contribution is -2.10. The lowest BCUT2D eigenvalue weighted by molar-refractivity contribution is 0.241. The summed E-state index contributed by atoms with van der Waals surface area (Å²) in [7, 11) is 0. The molecule has 0 bridgehead atoms. The van der Waals surface area contributed by atoms with Crippen LogP contribution < -0.4 is 0 Å². The van der Waals surface area contributed by atoms with E-state index in [2.05, 4.69) is 32.9 Å². The average molecular weight is 206 g/mol. The number of rotatable bonds is 4. The quantitative estimate of drug-likeness (QED) is 0.798. The summed E-state index contributed by atoms with van der Waals surface area (Å²) >= 11 is 0. The molecule has 1 N–H and O–H groups in total. The summed E-state index contributed by atoms with van der Waals surface area (Å²) in [4.78, 5) is 0. The van der Waals surface area contributed by atoms with Gasteiger partial charge in [-0.05, 0) is 23.8 Å². The predicted octanol–water partition coefficient (Wildman–Crippen LogP) is 3.59. The Morgan fingerprint density at radius 1 is 1.13 bits per heavy atom. The highest BCUT2D eigenvalue weighted by Gasteiger charge is 2.15. The second-order valence-electron chi connectivity index (χ2n) is 5.39. The molecule has 15 heavy (non-hydrogen) atoms. The molecule has 0 saturated heterocycles. The molecular formula is C14H22O. The van der Waals surface area contributed by atoms with E-state index in [1.807, 2.05) is 18.2 Å². The van der Waals surface area contributed by atoms with Crippen LogP contribution in [0.15, 0.2) is 30.3 Å². The first-order valence-corrected chi connectivity index (χ1v) is 5.69. The van der Waals surface area contributed by atoms with Crippen molar-refractivity contribution in [3.63, 3.8) is 0 Å². The van der Waals surface area contributed by atoms with Crippen molar-refractivity contribution in [1.82, 2.24) is 0 Å². The fraction of sp³-hybridized carbons (Fsp3) is 0.571. The number of hydrogen-bond donors (Lipinski definition) is 1. The molecule has 0 spiro atoms. The van der Waals surface area contributed by atoms with Crippen LogP contribution in [0.2, 0.25) is 0 Å². The molecule has 0 aliphatic carbocycles. The van der Waals surface area contributed by atoms with Gasteiger partial charge in [-0.2, -0.15) is 0 Å². The first kappa shape index (κ1) is 12.3. The summed E-state index contributed by atoms with van der Waals surface area (Å²) in [5, 5.41) is 9.38. The highest BCUT2D eigenvalue weighted by Crippen LogP contribution is 2.28. The molecular weight excluding hydrogens is 184 g/mol. The molecule has 0 aliphatic rings. The third-order valence-electron chi connectivity index (χ3n) is 2.73. The molecule has 0 fully saturated rings. The second-order valence-corrected chi connectivity index (χ2v) is 5.39. The number of aliphatic hydroxyl groups excluding tert-OH is 1. The van der Waals surface area contributed by atoms with E-state index in [4.69, 9.17) is 0 Å². The molecule has 1 aromatic carbocycles. The average Bonchev–Trinajstić information content (AvgIpc) is 2.19. The van der Waals surface area contributed by atoms with Crippen LogP contribution in [-0.4, -0.2) is 11.7 Å². The lowest BCUT2D eigenvalue weighted by atomic mass is 9.84. The Hall–Kier alpha value is -0.820. The molecule has 0 saturated carbocycles. The van der Waals surface area contributed by atoms with Gasteiger partial charge in [-0.25, -0.2) is 0 Å². The van der Waals surface area contributed by atoms with Crippen molar-refractivity contribution in [2.45, 2.75) is 39.5 Å². The smallest absolute Gasteiger partial charge is 0.0499 e. The maximum Gasteiger partial charge on any atom is 0.0499 e. The maximum absolute atomic E-state index is 9.38. The predicted molar refractivity (Wildman–Crippen MR) is 65.0 cm³/mol.